The van der Waals surface area contributed by atoms with Gasteiger partial charge in [-0.2, -0.15) is 0 Å². The highest BCUT2D eigenvalue weighted by Gasteiger charge is 2.55. The molecule has 0 aromatic heterocycles. The van der Waals surface area contributed by atoms with E-state index in [0.29, 0.717) is 25.3 Å². The first-order valence-corrected chi connectivity index (χ1v) is 9.65. The second-order valence-corrected chi connectivity index (χ2v) is 7.63. The maximum Gasteiger partial charge on any atom is 0.310 e. The lowest BCUT2D eigenvalue weighted by Crippen LogP contribution is -2.39. The van der Waals surface area contributed by atoms with Gasteiger partial charge in [-0.25, -0.2) is 4.99 Å². The van der Waals surface area contributed by atoms with Crippen molar-refractivity contribution in [2.75, 3.05) is 13.7 Å². The SMILES string of the molecule is CCOC(=O)CC1=CC23CCCCC2OC2=C3C(C[C@@H](O)C2)N=C1OC. The molecule has 4 rings (SSSR count). The summed E-state index contributed by atoms with van der Waals surface area (Å²) in [4.78, 5) is 17.0. The van der Waals surface area contributed by atoms with Crippen molar-refractivity contribution in [3.8, 4) is 0 Å². The van der Waals surface area contributed by atoms with Gasteiger partial charge in [0.2, 0.25) is 5.90 Å². The van der Waals surface area contributed by atoms with E-state index in [4.69, 9.17) is 19.2 Å². The van der Waals surface area contributed by atoms with E-state index in [-0.39, 0.29) is 30.0 Å². The van der Waals surface area contributed by atoms with Crippen LogP contribution < -0.4 is 0 Å². The van der Waals surface area contributed by atoms with Crippen LogP contribution in [0.15, 0.2) is 28.0 Å². The Kier molecular flexibility index (Phi) is 4.55. The Morgan fingerprint density at radius 1 is 1.46 bits per heavy atom. The van der Waals surface area contributed by atoms with E-state index in [2.05, 4.69) is 6.08 Å². The van der Waals surface area contributed by atoms with Crippen molar-refractivity contribution in [3.05, 3.63) is 23.0 Å². The molecular weight excluding hydrogens is 334 g/mol. The zero-order valence-electron chi connectivity index (χ0n) is 15.5. The van der Waals surface area contributed by atoms with Crippen LogP contribution in [0.5, 0.6) is 0 Å². The van der Waals surface area contributed by atoms with E-state index >= 15 is 0 Å². The van der Waals surface area contributed by atoms with E-state index in [1.54, 1.807) is 14.0 Å². The molecule has 0 bridgehead atoms. The van der Waals surface area contributed by atoms with Gasteiger partial charge in [0.1, 0.15) is 11.9 Å². The Morgan fingerprint density at radius 2 is 2.31 bits per heavy atom. The molecule has 0 radical (unpaired) electrons. The number of aliphatic hydroxyl groups is 1. The number of carbonyl (C=O) groups excluding carboxylic acids is 1. The molecule has 6 heteroatoms. The molecule has 6 nitrogen and oxygen atoms in total. The minimum absolute atomic E-state index is 0.0673. The van der Waals surface area contributed by atoms with E-state index in [1.807, 2.05) is 0 Å². The Hall–Kier alpha value is -1.82. The molecule has 0 amide bonds. The lowest BCUT2D eigenvalue weighted by Gasteiger charge is -2.39. The third kappa shape index (κ3) is 2.75. The second-order valence-electron chi connectivity index (χ2n) is 7.63. The zero-order chi connectivity index (χ0) is 18.3. The molecular formula is C20H27NO5. The summed E-state index contributed by atoms with van der Waals surface area (Å²) in [6.07, 6.45) is 7.30. The Morgan fingerprint density at radius 3 is 3.08 bits per heavy atom. The van der Waals surface area contributed by atoms with Crippen LogP contribution in [0, 0.1) is 5.41 Å². The van der Waals surface area contributed by atoms with Gasteiger partial charge in [-0.3, -0.25) is 4.79 Å². The summed E-state index contributed by atoms with van der Waals surface area (Å²) in [7, 11) is 1.58. The highest BCUT2D eigenvalue weighted by atomic mass is 16.5. The van der Waals surface area contributed by atoms with E-state index in [9.17, 15) is 9.90 Å². The molecule has 1 fully saturated rings. The lowest BCUT2D eigenvalue weighted by atomic mass is 9.64. The van der Waals surface area contributed by atoms with Crippen LogP contribution in [0.3, 0.4) is 0 Å². The largest absolute Gasteiger partial charge is 0.493 e. The Bertz CT molecular complexity index is 694. The van der Waals surface area contributed by atoms with Crippen LogP contribution in [-0.2, 0) is 19.0 Å². The number of esters is 1. The molecule has 2 aliphatic carbocycles. The number of aliphatic imine (C=N–C) groups is 1. The van der Waals surface area contributed by atoms with Crippen molar-refractivity contribution in [2.45, 2.75) is 70.1 Å². The summed E-state index contributed by atoms with van der Waals surface area (Å²) in [5, 5.41) is 10.3. The van der Waals surface area contributed by atoms with Gasteiger partial charge in [0.15, 0.2) is 0 Å². The normalized spacial score (nSPS) is 35.4. The van der Waals surface area contributed by atoms with Gasteiger partial charge in [-0.15, -0.1) is 0 Å². The quantitative estimate of drug-likeness (QED) is 0.782. The number of nitrogens with zero attached hydrogens (tertiary/aromatic N) is 1. The van der Waals surface area contributed by atoms with Crippen molar-refractivity contribution in [1.82, 2.24) is 0 Å². The summed E-state index contributed by atoms with van der Waals surface area (Å²) >= 11 is 0. The average Bonchev–Trinajstić information content (AvgIpc) is 2.85. The molecule has 4 atom stereocenters. The fourth-order valence-corrected chi connectivity index (χ4v) is 5.09. The second kappa shape index (κ2) is 6.72. The summed E-state index contributed by atoms with van der Waals surface area (Å²) < 4.78 is 17.0. The predicted molar refractivity (Wildman–Crippen MR) is 95.6 cm³/mol. The molecule has 3 unspecified atom stereocenters. The van der Waals surface area contributed by atoms with Crippen LogP contribution in [-0.4, -0.2) is 48.9 Å². The molecule has 142 valence electrons. The Balaban J connectivity index is 1.81. The number of carbonyl (C=O) groups is 1. The van der Waals surface area contributed by atoms with Gasteiger partial charge < -0.3 is 19.3 Å². The van der Waals surface area contributed by atoms with Gasteiger partial charge in [0, 0.05) is 24.0 Å². The lowest BCUT2D eigenvalue weighted by molar-refractivity contribution is -0.142. The number of aliphatic hydroxyl groups excluding tert-OH is 1. The fourth-order valence-electron chi connectivity index (χ4n) is 5.09. The Labute approximate surface area is 153 Å². The number of hydrogen-bond acceptors (Lipinski definition) is 6. The third-order valence-electron chi connectivity index (χ3n) is 6.03. The van der Waals surface area contributed by atoms with Crippen LogP contribution in [0.25, 0.3) is 0 Å². The first kappa shape index (κ1) is 17.6. The predicted octanol–water partition coefficient (Wildman–Crippen LogP) is 2.66. The average molecular weight is 361 g/mol. The molecule has 2 heterocycles. The number of rotatable bonds is 3. The summed E-state index contributed by atoms with van der Waals surface area (Å²) in [5.41, 5.74) is 1.75. The summed E-state index contributed by atoms with van der Waals surface area (Å²) in [6, 6.07) is -0.150. The van der Waals surface area contributed by atoms with Crippen LogP contribution in [0.1, 0.15) is 51.9 Å². The molecule has 2 aliphatic heterocycles. The maximum atomic E-state index is 12.2. The van der Waals surface area contributed by atoms with Crippen LogP contribution in [0.2, 0.25) is 0 Å². The smallest absolute Gasteiger partial charge is 0.310 e. The topological polar surface area (TPSA) is 77.4 Å². The molecule has 1 spiro atoms. The first-order valence-electron chi connectivity index (χ1n) is 9.65. The van der Waals surface area contributed by atoms with Crippen LogP contribution in [0.4, 0.5) is 0 Å². The van der Waals surface area contributed by atoms with Gasteiger partial charge in [0.25, 0.3) is 0 Å². The molecule has 0 aromatic rings. The minimum Gasteiger partial charge on any atom is -0.493 e. The number of hydrogen-bond donors (Lipinski definition) is 1. The number of methoxy groups -OCH3 is 1. The van der Waals surface area contributed by atoms with Gasteiger partial charge in [0.05, 0.1) is 37.7 Å². The van der Waals surface area contributed by atoms with Crippen molar-refractivity contribution in [3.63, 3.8) is 0 Å². The molecule has 0 saturated heterocycles. The number of ether oxygens (including phenoxy) is 3. The van der Waals surface area contributed by atoms with Crippen molar-refractivity contribution < 1.29 is 24.1 Å². The minimum atomic E-state index is -0.454. The standard InChI is InChI=1S/C20H27NO5/c1-3-25-17(23)8-12-11-20-7-5-4-6-16(20)26-15-10-13(22)9-14(18(15)20)21-19(12)24-2/h11,13-14,16,22H,3-10H2,1-2H3/t13-,14?,16?,20?/m1/s1. The summed E-state index contributed by atoms with van der Waals surface area (Å²) in [6.45, 7) is 2.16. The van der Waals surface area contributed by atoms with Crippen LogP contribution >= 0.6 is 0 Å². The van der Waals surface area contributed by atoms with E-state index in [0.717, 1.165) is 37.0 Å². The molecule has 1 N–H and O–H groups in total. The van der Waals surface area contributed by atoms with Crippen molar-refractivity contribution in [2.24, 2.45) is 10.4 Å². The first-order chi connectivity index (χ1) is 12.6. The van der Waals surface area contributed by atoms with Gasteiger partial charge in [-0.05, 0) is 26.2 Å². The third-order valence-corrected chi connectivity index (χ3v) is 6.03. The highest BCUT2D eigenvalue weighted by Crippen LogP contribution is 2.57. The van der Waals surface area contributed by atoms with E-state index in [1.165, 1.54) is 5.57 Å². The zero-order valence-corrected chi connectivity index (χ0v) is 15.5. The van der Waals surface area contributed by atoms with Crippen molar-refractivity contribution in [1.29, 1.82) is 0 Å². The fraction of sp³-hybridized carbons (Fsp3) is 0.700. The molecule has 0 aromatic carbocycles. The highest BCUT2D eigenvalue weighted by molar-refractivity contribution is 5.98. The monoisotopic (exact) mass is 361 g/mol. The van der Waals surface area contributed by atoms with Gasteiger partial charge >= 0.3 is 5.97 Å². The molecule has 4 aliphatic rings. The van der Waals surface area contributed by atoms with Gasteiger partial charge in [-0.1, -0.05) is 12.5 Å². The van der Waals surface area contributed by atoms with Crippen molar-refractivity contribution >= 4 is 11.9 Å². The molecule has 26 heavy (non-hydrogen) atoms. The molecule has 1 saturated carbocycles. The van der Waals surface area contributed by atoms with E-state index < -0.39 is 6.10 Å². The summed E-state index contributed by atoms with van der Waals surface area (Å²) in [5.74, 6) is 1.12. The maximum absolute atomic E-state index is 12.2.